The van der Waals surface area contributed by atoms with Gasteiger partial charge in [-0.25, -0.2) is 13.9 Å². The summed E-state index contributed by atoms with van der Waals surface area (Å²) >= 11 is 0. The lowest BCUT2D eigenvalue weighted by Gasteiger charge is -2.13. The average molecular weight is 521 g/mol. The number of hydrogen-bond acceptors (Lipinski definition) is 9. The third kappa shape index (κ3) is 5.01. The van der Waals surface area contributed by atoms with Gasteiger partial charge < -0.3 is 24.6 Å². The number of carbonyl (C=O) groups excluding carboxylic acids is 1. The lowest BCUT2D eigenvalue weighted by Crippen LogP contribution is -2.43. The first-order chi connectivity index (χ1) is 18.3. The number of hydrogen-bond donors (Lipinski definition) is 2. The van der Waals surface area contributed by atoms with Crippen LogP contribution in [0, 0.1) is 17.8 Å². The van der Waals surface area contributed by atoms with E-state index in [1.807, 2.05) is 0 Å². The number of rotatable bonds is 6. The molecule has 2 N–H and O–H groups in total. The minimum atomic E-state index is -1.09. The van der Waals surface area contributed by atoms with Crippen LogP contribution in [0.3, 0.4) is 0 Å². The lowest BCUT2D eigenvalue weighted by atomic mass is 10.2. The molecule has 0 spiro atoms. The van der Waals surface area contributed by atoms with Crippen LogP contribution in [0.25, 0.3) is 10.9 Å². The van der Waals surface area contributed by atoms with Gasteiger partial charge in [0.05, 0.1) is 19.7 Å². The second-order valence-electron chi connectivity index (χ2n) is 7.58. The molecule has 13 heteroatoms. The number of ether oxygens (including phenoxy) is 3. The Labute approximate surface area is 213 Å². The zero-order valence-corrected chi connectivity index (χ0v) is 20.3. The third-order valence-corrected chi connectivity index (χ3v) is 5.23. The SMILES string of the molecule is COc1cc2nccc(Oc3ccc(NC(=O)c4nn(C)c(=O)n(C#CCO)c4=O)cc3F)c2cc1OC. The van der Waals surface area contributed by atoms with Crippen molar-refractivity contribution in [1.29, 1.82) is 0 Å². The zero-order chi connectivity index (χ0) is 27.4. The number of aryl methyl sites for hydroxylation is 1. The van der Waals surface area contributed by atoms with E-state index in [9.17, 15) is 18.8 Å². The molecule has 4 aromatic rings. The number of aliphatic hydroxyl groups excluding tert-OH is 1. The molecule has 194 valence electrons. The predicted molar refractivity (Wildman–Crippen MR) is 133 cm³/mol. The molecule has 1 amide bonds. The third-order valence-electron chi connectivity index (χ3n) is 5.23. The predicted octanol–water partition coefficient (Wildman–Crippen LogP) is 1.49. The Balaban J connectivity index is 1.61. The molecule has 0 radical (unpaired) electrons. The van der Waals surface area contributed by atoms with Crippen LogP contribution in [0.2, 0.25) is 0 Å². The molecule has 0 saturated heterocycles. The van der Waals surface area contributed by atoms with Gasteiger partial charge in [-0.15, -0.1) is 0 Å². The summed E-state index contributed by atoms with van der Waals surface area (Å²) < 4.78 is 32.5. The first kappa shape index (κ1) is 25.9. The summed E-state index contributed by atoms with van der Waals surface area (Å²) in [5.74, 6) is 1.40. The van der Waals surface area contributed by atoms with Crippen LogP contribution < -0.4 is 30.8 Å². The van der Waals surface area contributed by atoms with Crippen LogP contribution >= 0.6 is 0 Å². The number of methoxy groups -OCH3 is 2. The van der Waals surface area contributed by atoms with Crippen LogP contribution in [-0.2, 0) is 7.05 Å². The van der Waals surface area contributed by atoms with Crippen molar-refractivity contribution >= 4 is 22.5 Å². The van der Waals surface area contributed by atoms with E-state index >= 15 is 0 Å². The quantitative estimate of drug-likeness (QED) is 0.360. The second kappa shape index (κ2) is 10.8. The van der Waals surface area contributed by atoms with Gasteiger partial charge in [0.2, 0.25) is 5.69 Å². The molecular weight excluding hydrogens is 501 g/mol. The number of aliphatic hydroxyl groups is 1. The number of halogens is 1. The highest BCUT2D eigenvalue weighted by Crippen LogP contribution is 2.37. The van der Waals surface area contributed by atoms with Gasteiger partial charge in [-0.3, -0.25) is 14.6 Å². The summed E-state index contributed by atoms with van der Waals surface area (Å²) in [7, 11) is 4.20. The van der Waals surface area contributed by atoms with Gasteiger partial charge in [0.25, 0.3) is 11.5 Å². The molecule has 0 aliphatic rings. The van der Waals surface area contributed by atoms with Crippen LogP contribution in [0.15, 0.2) is 52.2 Å². The molecule has 2 aromatic heterocycles. The van der Waals surface area contributed by atoms with Gasteiger partial charge in [-0.05, 0) is 24.3 Å². The summed E-state index contributed by atoms with van der Waals surface area (Å²) in [6, 6.07) is 10.7. The summed E-state index contributed by atoms with van der Waals surface area (Å²) in [6.45, 7) is -0.607. The van der Waals surface area contributed by atoms with E-state index in [2.05, 4.69) is 27.4 Å². The molecule has 0 saturated carbocycles. The molecule has 2 aromatic carbocycles. The minimum absolute atomic E-state index is 0.00566. The van der Waals surface area contributed by atoms with E-state index in [1.165, 1.54) is 39.6 Å². The van der Waals surface area contributed by atoms with E-state index < -0.39 is 35.3 Å². The highest BCUT2D eigenvalue weighted by molar-refractivity contribution is 6.02. The Morgan fingerprint density at radius 3 is 2.50 bits per heavy atom. The molecule has 12 nitrogen and oxygen atoms in total. The second-order valence-corrected chi connectivity index (χ2v) is 7.58. The van der Waals surface area contributed by atoms with Crippen molar-refractivity contribution in [2.75, 3.05) is 26.1 Å². The van der Waals surface area contributed by atoms with Crippen molar-refractivity contribution in [1.82, 2.24) is 19.3 Å². The van der Waals surface area contributed by atoms with Crippen molar-refractivity contribution in [2.45, 2.75) is 0 Å². The standard InChI is InChI=1S/C25H20FN5O7/c1-30-25(35)31(9-4-10-32)24(34)22(29-30)23(33)28-14-5-6-19(16(26)11-14)38-18-7-8-27-17-13-21(37-3)20(36-2)12-15(17)18/h5-8,11-13,32H,10H2,1-3H3,(H,28,33). The lowest BCUT2D eigenvalue weighted by molar-refractivity contribution is 0.101. The van der Waals surface area contributed by atoms with Crippen LogP contribution in [0.4, 0.5) is 10.1 Å². The fraction of sp³-hybridized carbons (Fsp3) is 0.160. The van der Waals surface area contributed by atoms with Crippen molar-refractivity contribution in [3.8, 4) is 35.0 Å². The molecule has 0 atom stereocenters. The van der Waals surface area contributed by atoms with Gasteiger partial charge in [0, 0.05) is 42.5 Å². The molecule has 0 bridgehead atoms. The number of amides is 1. The molecule has 0 fully saturated rings. The Morgan fingerprint density at radius 1 is 1.08 bits per heavy atom. The first-order valence-electron chi connectivity index (χ1n) is 10.9. The van der Waals surface area contributed by atoms with Crippen LogP contribution in [0.5, 0.6) is 23.0 Å². The fourth-order valence-electron chi connectivity index (χ4n) is 3.44. The molecule has 0 aliphatic heterocycles. The average Bonchev–Trinajstić information content (AvgIpc) is 2.91. The van der Waals surface area contributed by atoms with Crippen molar-refractivity contribution in [3.63, 3.8) is 0 Å². The zero-order valence-electron chi connectivity index (χ0n) is 20.3. The van der Waals surface area contributed by atoms with Gasteiger partial charge in [-0.1, -0.05) is 5.92 Å². The summed E-state index contributed by atoms with van der Waals surface area (Å²) in [5.41, 5.74) is -2.13. The monoisotopic (exact) mass is 521 g/mol. The number of benzene rings is 2. The molecule has 2 heterocycles. The van der Waals surface area contributed by atoms with Gasteiger partial charge >= 0.3 is 5.69 Å². The summed E-state index contributed by atoms with van der Waals surface area (Å²) in [5, 5.41) is 15.4. The highest BCUT2D eigenvalue weighted by Gasteiger charge is 2.19. The number of nitrogens with one attached hydrogen (secondary N) is 1. The first-order valence-corrected chi connectivity index (χ1v) is 10.9. The maximum Gasteiger partial charge on any atom is 0.359 e. The van der Waals surface area contributed by atoms with E-state index in [-0.39, 0.29) is 11.4 Å². The fourth-order valence-corrected chi connectivity index (χ4v) is 3.44. The van der Waals surface area contributed by atoms with Crippen molar-refractivity contribution in [2.24, 2.45) is 7.05 Å². The topological polar surface area (TPSA) is 147 Å². The Morgan fingerprint density at radius 2 is 1.82 bits per heavy atom. The normalized spacial score (nSPS) is 10.4. The Hall–Kier alpha value is -5.22. The van der Waals surface area contributed by atoms with E-state index in [1.54, 1.807) is 18.2 Å². The minimum Gasteiger partial charge on any atom is -0.493 e. The molecule has 0 aliphatic carbocycles. The Bertz CT molecular complexity index is 1740. The highest BCUT2D eigenvalue weighted by atomic mass is 19.1. The molecule has 38 heavy (non-hydrogen) atoms. The maximum absolute atomic E-state index is 14.9. The number of anilines is 1. The number of fused-ring (bicyclic) bond motifs is 1. The van der Waals surface area contributed by atoms with E-state index in [4.69, 9.17) is 19.3 Å². The largest absolute Gasteiger partial charge is 0.493 e. The summed E-state index contributed by atoms with van der Waals surface area (Å²) in [4.78, 5) is 41.6. The van der Waals surface area contributed by atoms with Crippen LogP contribution in [-0.4, -0.2) is 51.2 Å². The van der Waals surface area contributed by atoms with Crippen molar-refractivity contribution < 1.29 is 28.5 Å². The smallest absolute Gasteiger partial charge is 0.359 e. The number of aromatic nitrogens is 4. The Kier molecular flexibility index (Phi) is 7.36. The molecule has 4 rings (SSSR count). The maximum atomic E-state index is 14.9. The van der Waals surface area contributed by atoms with E-state index in [0.29, 0.717) is 32.7 Å². The molecular formula is C25H20FN5O7. The summed E-state index contributed by atoms with van der Waals surface area (Å²) in [6.07, 6.45) is 1.49. The van der Waals surface area contributed by atoms with Gasteiger partial charge in [0.15, 0.2) is 23.1 Å². The van der Waals surface area contributed by atoms with Gasteiger partial charge in [-0.2, -0.15) is 9.67 Å². The van der Waals surface area contributed by atoms with Crippen molar-refractivity contribution in [3.05, 3.63) is 74.9 Å². The number of carbonyl (C=O) groups is 1. The van der Waals surface area contributed by atoms with E-state index in [0.717, 1.165) is 10.7 Å². The van der Waals surface area contributed by atoms with Crippen LogP contribution in [0.1, 0.15) is 10.5 Å². The number of pyridine rings is 1. The molecule has 0 unspecified atom stereocenters. The van der Waals surface area contributed by atoms with Gasteiger partial charge in [0.1, 0.15) is 12.4 Å². The number of nitrogens with zero attached hydrogens (tertiary/aromatic N) is 4.